The van der Waals surface area contributed by atoms with E-state index in [1.54, 1.807) is 30.5 Å². The first-order valence-electron chi connectivity index (χ1n) is 4.97. The van der Waals surface area contributed by atoms with Gasteiger partial charge in [0.1, 0.15) is 5.82 Å². The summed E-state index contributed by atoms with van der Waals surface area (Å²) >= 11 is 0. The van der Waals surface area contributed by atoms with Crippen molar-refractivity contribution in [3.63, 3.8) is 0 Å². The lowest BCUT2D eigenvalue weighted by molar-refractivity contribution is 0.628. The van der Waals surface area contributed by atoms with Crippen LogP contribution in [0.25, 0.3) is 11.1 Å². The van der Waals surface area contributed by atoms with E-state index in [2.05, 4.69) is 9.98 Å². The summed E-state index contributed by atoms with van der Waals surface area (Å²) in [5.74, 6) is -0.0264. The van der Waals surface area contributed by atoms with Crippen LogP contribution in [-0.4, -0.2) is 10.9 Å². The lowest BCUT2D eigenvalue weighted by Gasteiger charge is -2.04. The largest absolute Gasteiger partial charge is 0.370 e. The fraction of sp³-hybridized carbons (Fsp3) is 0. The van der Waals surface area contributed by atoms with E-state index in [1.807, 2.05) is 0 Å². The van der Waals surface area contributed by atoms with Gasteiger partial charge in [0, 0.05) is 11.8 Å². The molecule has 4 nitrogen and oxygen atoms in total. The van der Waals surface area contributed by atoms with Crippen LogP contribution >= 0.6 is 0 Å². The quantitative estimate of drug-likeness (QED) is 0.610. The van der Waals surface area contributed by atoms with Crippen molar-refractivity contribution in [1.82, 2.24) is 4.98 Å². The van der Waals surface area contributed by atoms with Crippen LogP contribution in [0.15, 0.2) is 47.6 Å². The van der Waals surface area contributed by atoms with Crippen LogP contribution < -0.4 is 11.5 Å². The molecule has 0 aliphatic heterocycles. The average molecular weight is 230 g/mol. The molecule has 0 unspecified atom stereocenters. The van der Waals surface area contributed by atoms with Crippen molar-refractivity contribution in [3.8, 4) is 11.1 Å². The van der Waals surface area contributed by atoms with Gasteiger partial charge in [-0.1, -0.05) is 12.1 Å². The number of benzene rings is 1. The molecule has 1 heterocycles. The lowest BCUT2D eigenvalue weighted by atomic mass is 10.1. The molecule has 2 aromatic rings. The fourth-order valence-electron chi connectivity index (χ4n) is 1.49. The van der Waals surface area contributed by atoms with E-state index in [0.29, 0.717) is 16.9 Å². The smallest absolute Gasteiger partial charge is 0.192 e. The summed E-state index contributed by atoms with van der Waals surface area (Å²) in [7, 11) is 0. The highest BCUT2D eigenvalue weighted by atomic mass is 19.1. The zero-order valence-corrected chi connectivity index (χ0v) is 8.97. The first kappa shape index (κ1) is 11.1. The molecule has 0 saturated carbocycles. The minimum Gasteiger partial charge on any atom is -0.370 e. The molecule has 1 aromatic heterocycles. The summed E-state index contributed by atoms with van der Waals surface area (Å²) in [5, 5.41) is 0. The van der Waals surface area contributed by atoms with Crippen molar-refractivity contribution in [1.29, 1.82) is 0 Å². The van der Waals surface area contributed by atoms with Crippen LogP contribution in [0.4, 0.5) is 10.2 Å². The lowest BCUT2D eigenvalue weighted by Crippen LogP contribution is -2.22. The van der Waals surface area contributed by atoms with Gasteiger partial charge in [0.15, 0.2) is 11.8 Å². The van der Waals surface area contributed by atoms with Crippen molar-refractivity contribution in [2.45, 2.75) is 0 Å². The molecule has 0 saturated heterocycles. The Morgan fingerprint density at radius 2 is 2.00 bits per heavy atom. The summed E-state index contributed by atoms with van der Waals surface area (Å²) in [6.07, 6.45) is 1.57. The topological polar surface area (TPSA) is 77.3 Å². The molecule has 0 fully saturated rings. The van der Waals surface area contributed by atoms with E-state index >= 15 is 0 Å². The van der Waals surface area contributed by atoms with Crippen LogP contribution in [0.2, 0.25) is 0 Å². The predicted octanol–water partition coefficient (Wildman–Crippen LogP) is 1.79. The van der Waals surface area contributed by atoms with E-state index in [0.717, 1.165) is 0 Å². The number of pyridine rings is 1. The van der Waals surface area contributed by atoms with Gasteiger partial charge in [0.25, 0.3) is 0 Å². The van der Waals surface area contributed by atoms with E-state index in [-0.39, 0.29) is 11.8 Å². The highest BCUT2D eigenvalue weighted by molar-refractivity contribution is 5.82. The van der Waals surface area contributed by atoms with Crippen molar-refractivity contribution in [2.24, 2.45) is 16.5 Å². The summed E-state index contributed by atoms with van der Waals surface area (Å²) < 4.78 is 13.1. The second-order valence-electron chi connectivity index (χ2n) is 3.42. The Kier molecular flexibility index (Phi) is 3.00. The van der Waals surface area contributed by atoms with E-state index in [9.17, 15) is 4.39 Å². The van der Waals surface area contributed by atoms with Gasteiger partial charge >= 0.3 is 0 Å². The Morgan fingerprint density at radius 3 is 2.71 bits per heavy atom. The average Bonchev–Trinajstić information content (AvgIpc) is 2.29. The molecule has 0 atom stereocenters. The van der Waals surface area contributed by atoms with Crippen LogP contribution in [0, 0.1) is 5.82 Å². The Morgan fingerprint density at radius 1 is 1.18 bits per heavy atom. The molecule has 1 aromatic carbocycles. The van der Waals surface area contributed by atoms with Crippen LogP contribution in [0.1, 0.15) is 0 Å². The van der Waals surface area contributed by atoms with Crippen LogP contribution in [0.3, 0.4) is 0 Å². The van der Waals surface area contributed by atoms with Gasteiger partial charge in [-0.05, 0) is 29.8 Å². The number of aliphatic imine (C=N–C) groups is 1. The molecular formula is C12H11FN4. The standard InChI is InChI=1S/C12H11FN4/c13-9-4-1-3-8(7-9)10-5-2-6-16-11(10)17-12(14)15/h1-7H,(H4,14,15,16,17). The number of hydrogen-bond acceptors (Lipinski definition) is 2. The molecule has 0 aliphatic carbocycles. The molecule has 86 valence electrons. The molecule has 0 spiro atoms. The molecular weight excluding hydrogens is 219 g/mol. The summed E-state index contributed by atoms with van der Waals surface area (Å²) in [5.41, 5.74) is 12.0. The molecule has 0 radical (unpaired) electrons. The van der Waals surface area contributed by atoms with Gasteiger partial charge in [0.2, 0.25) is 0 Å². The van der Waals surface area contributed by atoms with Crippen molar-refractivity contribution in [3.05, 3.63) is 48.4 Å². The molecule has 0 amide bonds. The minimum absolute atomic E-state index is 0.0821. The van der Waals surface area contributed by atoms with Gasteiger partial charge < -0.3 is 11.5 Å². The number of guanidine groups is 1. The number of nitrogens with zero attached hydrogens (tertiary/aromatic N) is 2. The van der Waals surface area contributed by atoms with Gasteiger partial charge in [-0.15, -0.1) is 0 Å². The van der Waals surface area contributed by atoms with Crippen molar-refractivity contribution in [2.75, 3.05) is 0 Å². The van der Waals surface area contributed by atoms with Gasteiger partial charge in [-0.2, -0.15) is 4.99 Å². The molecule has 4 N–H and O–H groups in total. The first-order valence-corrected chi connectivity index (χ1v) is 4.97. The van der Waals surface area contributed by atoms with E-state index in [4.69, 9.17) is 11.5 Å². The van der Waals surface area contributed by atoms with Gasteiger partial charge in [-0.25, -0.2) is 9.37 Å². The molecule has 0 bridgehead atoms. The van der Waals surface area contributed by atoms with Crippen LogP contribution in [0.5, 0.6) is 0 Å². The number of hydrogen-bond donors (Lipinski definition) is 2. The highest BCUT2D eigenvalue weighted by Gasteiger charge is 2.05. The van der Waals surface area contributed by atoms with Crippen molar-refractivity contribution < 1.29 is 4.39 Å². The fourth-order valence-corrected chi connectivity index (χ4v) is 1.49. The Hall–Kier alpha value is -2.43. The Bertz CT molecular complexity index is 562. The summed E-state index contributed by atoms with van der Waals surface area (Å²) in [4.78, 5) is 7.96. The third kappa shape index (κ3) is 2.57. The van der Waals surface area contributed by atoms with Crippen molar-refractivity contribution >= 4 is 11.8 Å². The number of aromatic nitrogens is 1. The zero-order chi connectivity index (χ0) is 12.3. The normalized spacial score (nSPS) is 9.94. The monoisotopic (exact) mass is 230 g/mol. The van der Waals surface area contributed by atoms with Gasteiger partial charge in [0.05, 0.1) is 0 Å². The Balaban J connectivity index is 2.56. The second kappa shape index (κ2) is 4.61. The Labute approximate surface area is 97.8 Å². The highest BCUT2D eigenvalue weighted by Crippen LogP contribution is 2.28. The minimum atomic E-state index is -0.318. The zero-order valence-electron chi connectivity index (χ0n) is 8.97. The first-order chi connectivity index (χ1) is 8.16. The number of halogens is 1. The predicted molar refractivity (Wildman–Crippen MR) is 65.1 cm³/mol. The summed E-state index contributed by atoms with van der Waals surface area (Å²) in [6, 6.07) is 9.70. The van der Waals surface area contributed by atoms with E-state index < -0.39 is 0 Å². The number of rotatable bonds is 2. The maximum atomic E-state index is 13.1. The molecule has 2 rings (SSSR count). The van der Waals surface area contributed by atoms with E-state index in [1.165, 1.54) is 12.1 Å². The molecule has 17 heavy (non-hydrogen) atoms. The SMILES string of the molecule is NC(N)=Nc1ncccc1-c1cccc(F)c1. The summed E-state index contributed by atoms with van der Waals surface area (Å²) in [6.45, 7) is 0. The third-order valence-corrected chi connectivity index (χ3v) is 2.16. The number of nitrogens with two attached hydrogens (primary N) is 2. The second-order valence-corrected chi connectivity index (χ2v) is 3.42. The molecule has 0 aliphatic rings. The molecule has 5 heteroatoms. The maximum absolute atomic E-state index is 13.1. The van der Waals surface area contributed by atoms with Gasteiger partial charge in [-0.3, -0.25) is 0 Å². The van der Waals surface area contributed by atoms with Crippen LogP contribution in [-0.2, 0) is 0 Å². The maximum Gasteiger partial charge on any atom is 0.192 e. The third-order valence-electron chi connectivity index (χ3n) is 2.16.